The molecule has 1 atom stereocenters. The Balaban J connectivity index is 2.70. The second kappa shape index (κ2) is 7.25. The Bertz CT molecular complexity index is 403. The lowest BCUT2D eigenvalue weighted by Gasteiger charge is -2.26. The molecule has 1 aromatic heterocycles. The molecular weight excluding hydrogens is 244 g/mol. The summed E-state index contributed by atoms with van der Waals surface area (Å²) >= 11 is 0. The zero-order valence-corrected chi connectivity index (χ0v) is 12.1. The molecular formula is C13H24N4O2. The smallest absolute Gasteiger partial charge is 0.242 e. The first-order valence-electron chi connectivity index (χ1n) is 6.70. The van der Waals surface area contributed by atoms with E-state index in [0.717, 1.165) is 6.54 Å². The largest absolute Gasteiger partial charge is 0.395 e. The van der Waals surface area contributed by atoms with E-state index in [-0.39, 0.29) is 24.6 Å². The van der Waals surface area contributed by atoms with Crippen LogP contribution in [0.25, 0.3) is 0 Å². The van der Waals surface area contributed by atoms with Crippen LogP contribution in [0.4, 0.5) is 5.82 Å². The van der Waals surface area contributed by atoms with Crippen molar-refractivity contribution >= 4 is 11.7 Å². The lowest BCUT2D eigenvalue weighted by Crippen LogP contribution is -2.43. The number of aromatic nitrogens is 2. The molecule has 2 N–H and O–H groups in total. The third kappa shape index (κ3) is 4.04. The van der Waals surface area contributed by atoms with Gasteiger partial charge in [-0.1, -0.05) is 6.92 Å². The second-order valence-corrected chi connectivity index (χ2v) is 4.77. The molecule has 6 nitrogen and oxygen atoms in total. The Morgan fingerprint density at radius 1 is 1.53 bits per heavy atom. The van der Waals surface area contributed by atoms with Gasteiger partial charge in [-0.15, -0.1) is 0 Å². The molecule has 1 unspecified atom stereocenters. The Kier molecular flexibility index (Phi) is 5.98. The number of anilines is 1. The van der Waals surface area contributed by atoms with Gasteiger partial charge in [0.25, 0.3) is 0 Å². The van der Waals surface area contributed by atoms with Crippen molar-refractivity contribution in [1.82, 2.24) is 14.7 Å². The van der Waals surface area contributed by atoms with Gasteiger partial charge in [-0.05, 0) is 27.3 Å². The number of carbonyl (C=O) groups is 1. The van der Waals surface area contributed by atoms with Crippen molar-refractivity contribution in [3.8, 4) is 0 Å². The van der Waals surface area contributed by atoms with E-state index in [0.29, 0.717) is 12.4 Å². The number of amides is 1. The van der Waals surface area contributed by atoms with Crippen molar-refractivity contribution in [2.75, 3.05) is 25.0 Å². The topological polar surface area (TPSA) is 70.4 Å². The van der Waals surface area contributed by atoms with Crippen molar-refractivity contribution in [3.05, 3.63) is 12.3 Å². The van der Waals surface area contributed by atoms with Crippen LogP contribution in [0, 0.1) is 0 Å². The number of nitrogens with zero attached hydrogens (tertiary/aromatic N) is 3. The van der Waals surface area contributed by atoms with Crippen LogP contribution in [0.3, 0.4) is 0 Å². The zero-order valence-electron chi connectivity index (χ0n) is 12.1. The molecule has 0 spiro atoms. The molecule has 0 aliphatic carbocycles. The number of nitrogens with one attached hydrogen (secondary N) is 1. The van der Waals surface area contributed by atoms with Gasteiger partial charge in [-0.25, -0.2) is 4.68 Å². The summed E-state index contributed by atoms with van der Waals surface area (Å²) in [5.74, 6) is 0.615. The van der Waals surface area contributed by atoms with E-state index in [1.165, 1.54) is 0 Å². The molecule has 1 amide bonds. The van der Waals surface area contributed by atoms with E-state index in [4.69, 9.17) is 5.11 Å². The molecule has 0 aliphatic rings. The standard InChI is InChI=1S/C13H24N4O2/c1-5-16(8-9-18)11(4)13(19)15-12-6-7-14-17(12)10(2)3/h6-7,10-11,18H,5,8-9H2,1-4H3,(H,15,19). The molecule has 0 aromatic carbocycles. The van der Waals surface area contributed by atoms with Gasteiger partial charge in [-0.2, -0.15) is 5.10 Å². The maximum Gasteiger partial charge on any atom is 0.242 e. The van der Waals surface area contributed by atoms with Gasteiger partial charge in [0, 0.05) is 18.7 Å². The summed E-state index contributed by atoms with van der Waals surface area (Å²) in [6.07, 6.45) is 1.67. The molecule has 108 valence electrons. The summed E-state index contributed by atoms with van der Waals surface area (Å²) in [6, 6.07) is 1.69. The fraction of sp³-hybridized carbons (Fsp3) is 0.692. The Labute approximate surface area is 114 Å². The van der Waals surface area contributed by atoms with E-state index in [1.54, 1.807) is 16.9 Å². The first-order valence-corrected chi connectivity index (χ1v) is 6.70. The highest BCUT2D eigenvalue weighted by molar-refractivity contribution is 5.93. The molecule has 0 bridgehead atoms. The quantitative estimate of drug-likeness (QED) is 0.777. The van der Waals surface area contributed by atoms with E-state index >= 15 is 0 Å². The van der Waals surface area contributed by atoms with Crippen LogP contribution in [0.15, 0.2) is 12.3 Å². The van der Waals surface area contributed by atoms with E-state index in [2.05, 4.69) is 10.4 Å². The first-order chi connectivity index (χ1) is 9.01. The van der Waals surface area contributed by atoms with Crippen molar-refractivity contribution < 1.29 is 9.90 Å². The van der Waals surface area contributed by atoms with Crippen molar-refractivity contribution in [2.45, 2.75) is 39.8 Å². The summed E-state index contributed by atoms with van der Waals surface area (Å²) in [7, 11) is 0. The molecule has 1 heterocycles. The molecule has 6 heteroatoms. The fourth-order valence-electron chi connectivity index (χ4n) is 1.98. The molecule has 0 aliphatic heterocycles. The number of aliphatic hydroxyl groups excluding tert-OH is 1. The first kappa shape index (κ1) is 15.7. The van der Waals surface area contributed by atoms with Crippen LogP contribution < -0.4 is 5.32 Å². The van der Waals surface area contributed by atoms with E-state index < -0.39 is 0 Å². The number of aliphatic hydroxyl groups is 1. The SMILES string of the molecule is CCN(CCO)C(C)C(=O)Nc1ccnn1C(C)C. The van der Waals surface area contributed by atoms with Gasteiger partial charge < -0.3 is 10.4 Å². The summed E-state index contributed by atoms with van der Waals surface area (Å²) in [5, 5.41) is 16.0. The van der Waals surface area contributed by atoms with Crippen LogP contribution in [-0.2, 0) is 4.79 Å². The third-order valence-corrected chi connectivity index (χ3v) is 3.13. The van der Waals surface area contributed by atoms with Gasteiger partial charge in [-0.3, -0.25) is 9.69 Å². The van der Waals surface area contributed by atoms with Gasteiger partial charge in [0.1, 0.15) is 5.82 Å². The second-order valence-electron chi connectivity index (χ2n) is 4.77. The summed E-state index contributed by atoms with van der Waals surface area (Å²) < 4.78 is 1.77. The lowest BCUT2D eigenvalue weighted by atomic mass is 10.2. The van der Waals surface area contributed by atoms with E-state index in [1.807, 2.05) is 32.6 Å². The van der Waals surface area contributed by atoms with Crippen LogP contribution in [-0.4, -0.2) is 51.4 Å². The number of hydrogen-bond acceptors (Lipinski definition) is 4. The maximum atomic E-state index is 12.2. The highest BCUT2D eigenvalue weighted by atomic mass is 16.3. The summed E-state index contributed by atoms with van der Waals surface area (Å²) in [4.78, 5) is 14.1. The summed E-state index contributed by atoms with van der Waals surface area (Å²) in [6.45, 7) is 9.09. The number of rotatable bonds is 7. The highest BCUT2D eigenvalue weighted by Crippen LogP contribution is 2.14. The van der Waals surface area contributed by atoms with Gasteiger partial charge in [0.15, 0.2) is 0 Å². The minimum absolute atomic E-state index is 0.0510. The minimum atomic E-state index is -0.285. The monoisotopic (exact) mass is 268 g/mol. The minimum Gasteiger partial charge on any atom is -0.395 e. The summed E-state index contributed by atoms with van der Waals surface area (Å²) in [5.41, 5.74) is 0. The number of hydrogen-bond donors (Lipinski definition) is 2. The third-order valence-electron chi connectivity index (χ3n) is 3.13. The van der Waals surface area contributed by atoms with E-state index in [9.17, 15) is 4.79 Å². The average molecular weight is 268 g/mol. The normalized spacial score (nSPS) is 13.0. The molecule has 0 saturated carbocycles. The number of likely N-dealkylation sites (N-methyl/N-ethyl adjacent to an activating group) is 1. The van der Waals surface area contributed by atoms with Crippen molar-refractivity contribution in [1.29, 1.82) is 0 Å². The molecule has 0 saturated heterocycles. The molecule has 0 fully saturated rings. The van der Waals surface area contributed by atoms with Crippen LogP contribution in [0.5, 0.6) is 0 Å². The van der Waals surface area contributed by atoms with Gasteiger partial charge in [0.2, 0.25) is 5.91 Å². The Hall–Kier alpha value is -1.40. The number of carbonyl (C=O) groups excluding carboxylic acids is 1. The fourth-order valence-corrected chi connectivity index (χ4v) is 1.98. The highest BCUT2D eigenvalue weighted by Gasteiger charge is 2.20. The van der Waals surface area contributed by atoms with Crippen LogP contribution in [0.2, 0.25) is 0 Å². The Morgan fingerprint density at radius 2 is 2.21 bits per heavy atom. The lowest BCUT2D eigenvalue weighted by molar-refractivity contribution is -0.120. The van der Waals surface area contributed by atoms with Gasteiger partial charge >= 0.3 is 0 Å². The molecule has 1 rings (SSSR count). The average Bonchev–Trinajstić information content (AvgIpc) is 2.83. The molecule has 0 radical (unpaired) electrons. The zero-order chi connectivity index (χ0) is 14.4. The molecule has 19 heavy (non-hydrogen) atoms. The van der Waals surface area contributed by atoms with Crippen molar-refractivity contribution in [3.63, 3.8) is 0 Å². The predicted octanol–water partition coefficient (Wildman–Crippen LogP) is 1.11. The maximum absolute atomic E-state index is 12.2. The Morgan fingerprint density at radius 3 is 2.74 bits per heavy atom. The predicted molar refractivity (Wildman–Crippen MR) is 75.0 cm³/mol. The van der Waals surface area contributed by atoms with Gasteiger partial charge in [0.05, 0.1) is 18.8 Å². The molecule has 1 aromatic rings. The van der Waals surface area contributed by atoms with Crippen LogP contribution in [0.1, 0.15) is 33.7 Å². The van der Waals surface area contributed by atoms with Crippen molar-refractivity contribution in [2.24, 2.45) is 0 Å². The van der Waals surface area contributed by atoms with Crippen LogP contribution >= 0.6 is 0 Å².